The smallest absolute Gasteiger partial charge is 0.417 e. The van der Waals surface area contributed by atoms with Crippen LogP contribution in [-0.4, -0.2) is 28.0 Å². The fourth-order valence-electron chi connectivity index (χ4n) is 1.66. The van der Waals surface area contributed by atoms with E-state index in [2.05, 4.69) is 15.4 Å². The molecule has 2 aromatic rings. The second-order valence-corrected chi connectivity index (χ2v) is 4.34. The van der Waals surface area contributed by atoms with Crippen molar-refractivity contribution < 1.29 is 22.7 Å². The van der Waals surface area contributed by atoms with E-state index in [1.54, 1.807) is 6.92 Å². The number of hydrogen-bond acceptors (Lipinski definition) is 4. The number of esters is 1. The molecule has 0 amide bonds. The average Bonchev–Trinajstić information content (AvgIpc) is 2.87. The molecule has 0 fully saturated rings. The summed E-state index contributed by atoms with van der Waals surface area (Å²) in [6, 6.07) is 3.21. The Bertz CT molecular complexity index is 670. The first-order valence-corrected chi connectivity index (χ1v) is 6.17. The van der Waals surface area contributed by atoms with Crippen molar-refractivity contribution >= 4 is 17.6 Å². The summed E-state index contributed by atoms with van der Waals surface area (Å²) in [5, 5.41) is 9.05. The van der Waals surface area contributed by atoms with Crippen LogP contribution in [-0.2, 0) is 10.9 Å². The third-order valence-electron chi connectivity index (χ3n) is 2.56. The highest BCUT2D eigenvalue weighted by molar-refractivity contribution is 6.31. The molecule has 0 saturated carbocycles. The lowest BCUT2D eigenvalue weighted by atomic mass is 10.1. The normalized spacial score (nSPS) is 11.5. The Morgan fingerprint density at radius 3 is 2.71 bits per heavy atom. The monoisotopic (exact) mass is 319 g/mol. The van der Waals surface area contributed by atoms with Crippen LogP contribution in [0.4, 0.5) is 13.2 Å². The number of aromatic nitrogens is 3. The van der Waals surface area contributed by atoms with E-state index in [1.807, 2.05) is 0 Å². The van der Waals surface area contributed by atoms with Crippen LogP contribution in [0, 0.1) is 0 Å². The third kappa shape index (κ3) is 3.15. The Hall–Kier alpha value is -2.09. The number of alkyl halides is 3. The topological polar surface area (TPSA) is 67.9 Å². The molecule has 0 aliphatic carbocycles. The van der Waals surface area contributed by atoms with Crippen molar-refractivity contribution in [2.75, 3.05) is 6.61 Å². The molecule has 0 spiro atoms. The number of hydrogen-bond donors (Lipinski definition) is 1. The molecule has 0 radical (unpaired) electrons. The molecule has 1 aromatic carbocycles. The number of rotatable bonds is 3. The Morgan fingerprint density at radius 2 is 2.10 bits per heavy atom. The number of carbonyl (C=O) groups excluding carboxylic acids is 1. The van der Waals surface area contributed by atoms with Crippen LogP contribution >= 0.6 is 11.6 Å². The van der Waals surface area contributed by atoms with Crippen molar-refractivity contribution in [2.45, 2.75) is 13.1 Å². The van der Waals surface area contributed by atoms with Gasteiger partial charge in [0.15, 0.2) is 5.69 Å². The second-order valence-electron chi connectivity index (χ2n) is 3.93. The van der Waals surface area contributed by atoms with E-state index in [0.717, 1.165) is 12.1 Å². The first-order chi connectivity index (χ1) is 9.84. The van der Waals surface area contributed by atoms with Gasteiger partial charge < -0.3 is 4.74 Å². The molecule has 0 aliphatic rings. The predicted molar refractivity (Wildman–Crippen MR) is 67.8 cm³/mol. The zero-order valence-electron chi connectivity index (χ0n) is 10.7. The van der Waals surface area contributed by atoms with Crippen molar-refractivity contribution in [3.63, 3.8) is 0 Å². The highest BCUT2D eigenvalue weighted by Gasteiger charge is 2.34. The van der Waals surface area contributed by atoms with Crippen molar-refractivity contribution in [3.05, 3.63) is 34.5 Å². The minimum Gasteiger partial charge on any atom is -0.461 e. The molecule has 2 rings (SSSR count). The van der Waals surface area contributed by atoms with Gasteiger partial charge in [0.25, 0.3) is 0 Å². The largest absolute Gasteiger partial charge is 0.461 e. The van der Waals surface area contributed by atoms with E-state index in [0.29, 0.717) is 0 Å². The second kappa shape index (κ2) is 5.72. The molecule has 5 nitrogen and oxygen atoms in total. The summed E-state index contributed by atoms with van der Waals surface area (Å²) in [4.78, 5) is 11.7. The Morgan fingerprint density at radius 1 is 1.38 bits per heavy atom. The summed E-state index contributed by atoms with van der Waals surface area (Å²) in [5.41, 5.74) is -1.18. The lowest BCUT2D eigenvalue weighted by molar-refractivity contribution is -0.137. The molecule has 9 heteroatoms. The van der Waals surface area contributed by atoms with E-state index in [9.17, 15) is 18.0 Å². The highest BCUT2D eigenvalue weighted by Crippen LogP contribution is 2.37. The van der Waals surface area contributed by atoms with Crippen molar-refractivity contribution in [1.29, 1.82) is 0 Å². The summed E-state index contributed by atoms with van der Waals surface area (Å²) in [5.74, 6) is -0.773. The molecule has 0 saturated heterocycles. The van der Waals surface area contributed by atoms with Gasteiger partial charge in [-0.25, -0.2) is 4.79 Å². The minimum absolute atomic E-state index is 0.0318. The molecular weight excluding hydrogens is 311 g/mol. The first kappa shape index (κ1) is 15.3. The SMILES string of the molecule is CCOC(=O)c1n[nH]nc1-c1ccc(Cl)c(C(F)(F)F)c1. The zero-order valence-corrected chi connectivity index (χ0v) is 11.4. The number of carbonyl (C=O) groups is 1. The molecule has 0 atom stereocenters. The van der Waals surface area contributed by atoms with Crippen LogP contribution in [0.3, 0.4) is 0 Å². The van der Waals surface area contributed by atoms with Crippen molar-refractivity contribution in [2.24, 2.45) is 0 Å². The number of nitrogens with one attached hydrogen (secondary N) is 1. The predicted octanol–water partition coefficient (Wildman–Crippen LogP) is 3.32. The maximum absolute atomic E-state index is 12.8. The molecule has 0 aliphatic heterocycles. The van der Waals surface area contributed by atoms with Crippen molar-refractivity contribution in [3.8, 4) is 11.3 Å². The first-order valence-electron chi connectivity index (χ1n) is 5.79. The molecule has 1 heterocycles. The molecule has 21 heavy (non-hydrogen) atoms. The van der Waals surface area contributed by atoms with Crippen LogP contribution in [0.25, 0.3) is 11.3 Å². The molecular formula is C12H9ClF3N3O2. The van der Waals surface area contributed by atoms with Crippen molar-refractivity contribution in [1.82, 2.24) is 15.4 Å². The summed E-state index contributed by atoms with van der Waals surface area (Å²) in [6.45, 7) is 1.71. The summed E-state index contributed by atoms with van der Waals surface area (Å²) in [6.07, 6.45) is -4.61. The number of halogens is 4. The van der Waals surface area contributed by atoms with E-state index in [-0.39, 0.29) is 23.6 Å². The Kier molecular flexibility index (Phi) is 4.17. The molecule has 1 aromatic heterocycles. The quantitative estimate of drug-likeness (QED) is 0.881. The van der Waals surface area contributed by atoms with Gasteiger partial charge in [0.05, 0.1) is 17.2 Å². The zero-order chi connectivity index (χ0) is 15.6. The van der Waals surface area contributed by atoms with Crippen LogP contribution in [0.5, 0.6) is 0 Å². The van der Waals surface area contributed by atoms with Gasteiger partial charge in [-0.15, -0.1) is 5.10 Å². The van der Waals surface area contributed by atoms with Gasteiger partial charge in [0.1, 0.15) is 5.69 Å². The van der Waals surface area contributed by atoms with Crippen LogP contribution in [0.2, 0.25) is 5.02 Å². The maximum atomic E-state index is 12.8. The van der Waals surface area contributed by atoms with Gasteiger partial charge in [0, 0.05) is 5.56 Å². The molecule has 0 unspecified atom stereocenters. The summed E-state index contributed by atoms with van der Waals surface area (Å²) < 4.78 is 43.3. The van der Waals surface area contributed by atoms with Crippen LogP contribution < -0.4 is 0 Å². The van der Waals surface area contributed by atoms with Gasteiger partial charge >= 0.3 is 12.1 Å². The Balaban J connectivity index is 2.49. The van der Waals surface area contributed by atoms with Gasteiger partial charge in [0.2, 0.25) is 0 Å². The molecule has 1 N–H and O–H groups in total. The number of H-pyrrole nitrogens is 1. The number of nitrogens with zero attached hydrogens (tertiary/aromatic N) is 2. The van der Waals surface area contributed by atoms with Gasteiger partial charge in [-0.05, 0) is 19.1 Å². The number of aromatic amines is 1. The standard InChI is InChI=1S/C12H9ClF3N3O2/c1-2-21-11(20)10-9(17-19-18-10)6-3-4-8(13)7(5-6)12(14,15)16/h3-5H,2H2,1H3,(H,17,18,19). The van der Waals surface area contributed by atoms with Crippen LogP contribution in [0.1, 0.15) is 23.0 Å². The van der Waals surface area contributed by atoms with Gasteiger partial charge in [-0.3, -0.25) is 0 Å². The van der Waals surface area contributed by atoms with Gasteiger partial charge in [-0.2, -0.15) is 23.5 Å². The fourth-order valence-corrected chi connectivity index (χ4v) is 1.89. The highest BCUT2D eigenvalue weighted by atomic mass is 35.5. The molecule has 112 valence electrons. The van der Waals surface area contributed by atoms with E-state index < -0.39 is 22.7 Å². The Labute approximate surface area is 122 Å². The van der Waals surface area contributed by atoms with E-state index in [1.165, 1.54) is 6.07 Å². The van der Waals surface area contributed by atoms with E-state index in [4.69, 9.17) is 16.3 Å². The number of ether oxygens (including phenoxy) is 1. The van der Waals surface area contributed by atoms with E-state index >= 15 is 0 Å². The van der Waals surface area contributed by atoms with Crippen LogP contribution in [0.15, 0.2) is 18.2 Å². The lowest BCUT2D eigenvalue weighted by Crippen LogP contribution is -2.08. The summed E-state index contributed by atoms with van der Waals surface area (Å²) >= 11 is 5.54. The van der Waals surface area contributed by atoms with Gasteiger partial charge in [-0.1, -0.05) is 17.7 Å². The minimum atomic E-state index is -4.61. The fraction of sp³-hybridized carbons (Fsp3) is 0.250. The number of benzene rings is 1. The lowest BCUT2D eigenvalue weighted by Gasteiger charge is -2.10. The third-order valence-corrected chi connectivity index (χ3v) is 2.89. The molecule has 0 bridgehead atoms. The average molecular weight is 320 g/mol. The summed E-state index contributed by atoms with van der Waals surface area (Å²) in [7, 11) is 0. The maximum Gasteiger partial charge on any atom is 0.417 e.